The Morgan fingerprint density at radius 3 is 2.47 bits per heavy atom. The Morgan fingerprint density at radius 2 is 1.81 bits per heavy atom. The molecule has 1 unspecified atom stereocenters. The van der Waals surface area contributed by atoms with Crippen LogP contribution in [0, 0.1) is 18.8 Å². The highest BCUT2D eigenvalue weighted by molar-refractivity contribution is 6.30. The molecular weight excluding hydrogens is 445 g/mol. The van der Waals surface area contributed by atoms with Crippen molar-refractivity contribution in [2.24, 2.45) is 11.8 Å². The number of halogens is 2. The summed E-state index contributed by atoms with van der Waals surface area (Å²) < 4.78 is 5.62. The maximum atomic E-state index is 13.8. The number of aryl methyl sites for hydroxylation is 1. The summed E-state index contributed by atoms with van der Waals surface area (Å²) in [5.41, 5.74) is 2.23. The zero-order valence-corrected chi connectivity index (χ0v) is 19.4. The Labute approximate surface area is 197 Å². The van der Waals surface area contributed by atoms with Crippen LogP contribution in [0.15, 0.2) is 52.9 Å². The van der Waals surface area contributed by atoms with Crippen LogP contribution in [0.5, 0.6) is 0 Å². The first-order valence-corrected chi connectivity index (χ1v) is 11.8. The van der Waals surface area contributed by atoms with Crippen molar-refractivity contribution in [3.05, 3.63) is 81.5 Å². The summed E-state index contributed by atoms with van der Waals surface area (Å²) in [6.45, 7) is 2.53. The number of nitrogens with zero attached hydrogens (tertiary/aromatic N) is 3. The molecule has 1 amide bonds. The molecule has 1 aliphatic carbocycles. The molecule has 2 fully saturated rings. The summed E-state index contributed by atoms with van der Waals surface area (Å²) in [5.74, 6) is 1.64. The molecule has 5 nitrogen and oxygen atoms in total. The molecular formula is C25H25Cl2N3O2. The van der Waals surface area contributed by atoms with E-state index in [9.17, 15) is 4.79 Å². The van der Waals surface area contributed by atoms with Crippen LogP contribution in [0.25, 0.3) is 0 Å². The van der Waals surface area contributed by atoms with Gasteiger partial charge in [-0.2, -0.15) is 0 Å². The SMILES string of the molecule is Cc1nnc(C[C@H]2C[C@H](c3cccc(Cl)c3)C(c3ccc(Cl)cc3)N(CC3CC3)C2=O)o1. The molecule has 1 aliphatic heterocycles. The van der Waals surface area contributed by atoms with Gasteiger partial charge in [0.25, 0.3) is 0 Å². The van der Waals surface area contributed by atoms with E-state index in [1.807, 2.05) is 42.5 Å². The first-order valence-electron chi connectivity index (χ1n) is 11.1. The van der Waals surface area contributed by atoms with E-state index in [-0.39, 0.29) is 23.8 Å². The Bertz CT molecular complexity index is 1110. The van der Waals surface area contributed by atoms with Crippen LogP contribution in [0.2, 0.25) is 10.0 Å². The van der Waals surface area contributed by atoms with Crippen LogP contribution in [-0.4, -0.2) is 27.5 Å². The standard InChI is InChI=1S/C25H25Cl2N3O2/c1-15-28-29-23(32-15)13-19-12-22(18-3-2-4-21(27)11-18)24(17-7-9-20(26)10-8-17)30(25(19)31)14-16-5-6-16/h2-4,7-11,16,19,22,24H,5-6,12-14H2,1H3/t19-,22-,24?/m1/s1. The first-order chi connectivity index (χ1) is 15.5. The Kier molecular flexibility index (Phi) is 5.95. The van der Waals surface area contributed by atoms with Gasteiger partial charge in [0.15, 0.2) is 0 Å². The van der Waals surface area contributed by atoms with Gasteiger partial charge in [0.2, 0.25) is 17.7 Å². The van der Waals surface area contributed by atoms with Crippen molar-refractivity contribution in [2.75, 3.05) is 6.54 Å². The molecule has 0 spiro atoms. The topological polar surface area (TPSA) is 59.2 Å². The van der Waals surface area contributed by atoms with Gasteiger partial charge >= 0.3 is 0 Å². The molecule has 0 bridgehead atoms. The zero-order valence-electron chi connectivity index (χ0n) is 17.9. The third kappa shape index (κ3) is 4.55. The minimum absolute atomic E-state index is 0.0699. The fraction of sp³-hybridized carbons (Fsp3) is 0.400. The fourth-order valence-corrected chi connectivity index (χ4v) is 5.16. The van der Waals surface area contributed by atoms with Crippen LogP contribution in [0.1, 0.15) is 54.1 Å². The van der Waals surface area contributed by atoms with E-state index in [4.69, 9.17) is 27.6 Å². The van der Waals surface area contributed by atoms with Crippen LogP contribution < -0.4 is 0 Å². The van der Waals surface area contributed by atoms with Crippen LogP contribution in [-0.2, 0) is 11.2 Å². The molecule has 1 saturated heterocycles. The molecule has 32 heavy (non-hydrogen) atoms. The minimum Gasteiger partial charge on any atom is -0.426 e. The highest BCUT2D eigenvalue weighted by atomic mass is 35.5. The van der Waals surface area contributed by atoms with Crippen LogP contribution >= 0.6 is 23.2 Å². The second kappa shape index (κ2) is 8.87. The van der Waals surface area contributed by atoms with Gasteiger partial charge in [0.1, 0.15) is 0 Å². The van der Waals surface area contributed by atoms with E-state index in [0.29, 0.717) is 40.6 Å². The molecule has 1 saturated carbocycles. The van der Waals surface area contributed by atoms with Crippen molar-refractivity contribution < 1.29 is 9.21 Å². The molecule has 7 heteroatoms. The zero-order chi connectivity index (χ0) is 22.2. The largest absolute Gasteiger partial charge is 0.426 e. The maximum absolute atomic E-state index is 13.8. The Morgan fingerprint density at radius 1 is 1.03 bits per heavy atom. The van der Waals surface area contributed by atoms with Crippen molar-refractivity contribution in [3.8, 4) is 0 Å². The number of carbonyl (C=O) groups excluding carboxylic acids is 1. The molecule has 2 aromatic carbocycles. The van der Waals surface area contributed by atoms with Crippen molar-refractivity contribution in [2.45, 2.75) is 44.6 Å². The number of likely N-dealkylation sites (tertiary alicyclic amines) is 1. The number of piperidine rings is 1. The summed E-state index contributed by atoms with van der Waals surface area (Å²) in [6.07, 6.45) is 3.49. The van der Waals surface area contributed by atoms with Crippen molar-refractivity contribution in [1.29, 1.82) is 0 Å². The molecule has 0 N–H and O–H groups in total. The molecule has 2 heterocycles. The molecule has 1 aromatic heterocycles. The normalized spacial score (nSPS) is 23.5. The van der Waals surface area contributed by atoms with Crippen molar-refractivity contribution in [3.63, 3.8) is 0 Å². The smallest absolute Gasteiger partial charge is 0.226 e. The number of rotatable bonds is 6. The molecule has 3 aromatic rings. The lowest BCUT2D eigenvalue weighted by atomic mass is 9.75. The summed E-state index contributed by atoms with van der Waals surface area (Å²) in [4.78, 5) is 15.9. The lowest BCUT2D eigenvalue weighted by Crippen LogP contribution is -2.48. The monoisotopic (exact) mass is 469 g/mol. The van der Waals surface area contributed by atoms with E-state index < -0.39 is 0 Å². The van der Waals surface area contributed by atoms with Crippen molar-refractivity contribution >= 4 is 29.1 Å². The summed E-state index contributed by atoms with van der Waals surface area (Å²) in [6, 6.07) is 15.8. The van der Waals surface area contributed by atoms with E-state index in [2.05, 4.69) is 21.2 Å². The predicted octanol–water partition coefficient (Wildman–Crippen LogP) is 6.01. The number of amides is 1. The average molecular weight is 470 g/mol. The predicted molar refractivity (Wildman–Crippen MR) is 124 cm³/mol. The van der Waals surface area contributed by atoms with Gasteiger partial charge in [-0.1, -0.05) is 47.5 Å². The molecule has 3 atom stereocenters. The third-order valence-corrected chi connectivity index (χ3v) is 7.00. The second-order valence-electron chi connectivity index (χ2n) is 8.94. The van der Waals surface area contributed by atoms with Gasteiger partial charge < -0.3 is 9.32 Å². The maximum Gasteiger partial charge on any atom is 0.226 e. The molecule has 5 rings (SSSR count). The first kappa shape index (κ1) is 21.5. The van der Waals surface area contributed by atoms with Gasteiger partial charge in [-0.15, -0.1) is 10.2 Å². The van der Waals surface area contributed by atoms with Gasteiger partial charge in [0.05, 0.1) is 6.04 Å². The number of carbonyl (C=O) groups is 1. The van der Waals surface area contributed by atoms with Gasteiger partial charge in [0, 0.05) is 41.8 Å². The van der Waals surface area contributed by atoms with Crippen molar-refractivity contribution in [1.82, 2.24) is 15.1 Å². The van der Waals surface area contributed by atoms with E-state index in [1.165, 1.54) is 12.8 Å². The third-order valence-electron chi connectivity index (χ3n) is 6.52. The van der Waals surface area contributed by atoms with Gasteiger partial charge in [-0.05, 0) is 60.6 Å². The molecule has 0 radical (unpaired) electrons. The molecule has 166 valence electrons. The van der Waals surface area contributed by atoms with Crippen LogP contribution in [0.3, 0.4) is 0 Å². The lowest BCUT2D eigenvalue weighted by Gasteiger charge is -2.45. The quantitative estimate of drug-likeness (QED) is 0.443. The highest BCUT2D eigenvalue weighted by Crippen LogP contribution is 2.47. The highest BCUT2D eigenvalue weighted by Gasteiger charge is 2.45. The summed E-state index contributed by atoms with van der Waals surface area (Å²) >= 11 is 12.6. The number of hydrogen-bond acceptors (Lipinski definition) is 4. The lowest BCUT2D eigenvalue weighted by molar-refractivity contribution is -0.143. The summed E-state index contributed by atoms with van der Waals surface area (Å²) in [5, 5.41) is 9.48. The van der Waals surface area contributed by atoms with Gasteiger partial charge in [-0.25, -0.2) is 0 Å². The Hall–Kier alpha value is -2.37. The summed E-state index contributed by atoms with van der Waals surface area (Å²) in [7, 11) is 0. The number of hydrogen-bond donors (Lipinski definition) is 0. The van der Waals surface area contributed by atoms with Gasteiger partial charge in [-0.3, -0.25) is 4.79 Å². The average Bonchev–Trinajstić information content (AvgIpc) is 3.50. The number of aromatic nitrogens is 2. The van der Waals surface area contributed by atoms with E-state index in [1.54, 1.807) is 6.92 Å². The Balaban J connectivity index is 1.56. The van der Waals surface area contributed by atoms with E-state index >= 15 is 0 Å². The van der Waals surface area contributed by atoms with E-state index in [0.717, 1.165) is 17.7 Å². The number of benzene rings is 2. The van der Waals surface area contributed by atoms with Crippen LogP contribution in [0.4, 0.5) is 0 Å². The molecule has 2 aliphatic rings. The fourth-order valence-electron chi connectivity index (χ4n) is 4.84. The second-order valence-corrected chi connectivity index (χ2v) is 9.82. The minimum atomic E-state index is -0.221.